The van der Waals surface area contributed by atoms with E-state index >= 15 is 0 Å². The minimum Gasteiger partial charge on any atom is -0.478 e. The summed E-state index contributed by atoms with van der Waals surface area (Å²) < 4.78 is 0. The van der Waals surface area contributed by atoms with Crippen LogP contribution in [0.5, 0.6) is 0 Å². The van der Waals surface area contributed by atoms with Gasteiger partial charge in [0.25, 0.3) is 0 Å². The normalized spacial score (nSPS) is 9.87. The van der Waals surface area contributed by atoms with Gasteiger partial charge in [-0.2, -0.15) is 0 Å². The molecule has 0 aliphatic carbocycles. The summed E-state index contributed by atoms with van der Waals surface area (Å²) in [6, 6.07) is 6.45. The van der Waals surface area contributed by atoms with Crippen LogP contribution < -0.4 is 0 Å². The first kappa shape index (κ1) is 9.26. The van der Waals surface area contributed by atoms with Crippen molar-refractivity contribution in [3.63, 3.8) is 0 Å². The lowest BCUT2D eigenvalue weighted by Gasteiger charge is -1.99. The van der Waals surface area contributed by atoms with Crippen LogP contribution in [0.4, 0.5) is 0 Å². The van der Waals surface area contributed by atoms with Gasteiger partial charge < -0.3 is 5.11 Å². The fraction of sp³-hybridized carbons (Fsp3) is 0. The van der Waals surface area contributed by atoms with E-state index in [-0.39, 0.29) is 5.56 Å². The predicted molar refractivity (Wildman–Crippen MR) is 52.2 cm³/mol. The molecule has 0 spiro atoms. The number of hydrogen-bond donors (Lipinski definition) is 1. The van der Waals surface area contributed by atoms with Gasteiger partial charge in [0.1, 0.15) is 12.7 Å². The Bertz CT molecular complexity index is 485. The first-order chi connectivity index (χ1) is 7.27. The molecule has 1 aromatic carbocycles. The van der Waals surface area contributed by atoms with Gasteiger partial charge in [-0.25, -0.2) is 19.7 Å². The molecule has 2 rings (SSSR count). The first-order valence-corrected chi connectivity index (χ1v) is 4.23. The average Bonchev–Trinajstić information content (AvgIpc) is 2.30. The fourth-order valence-corrected chi connectivity index (χ4v) is 1.18. The Morgan fingerprint density at radius 1 is 1.20 bits per heavy atom. The highest BCUT2D eigenvalue weighted by atomic mass is 16.4. The monoisotopic (exact) mass is 201 g/mol. The van der Waals surface area contributed by atoms with Crippen LogP contribution >= 0.6 is 0 Å². The second kappa shape index (κ2) is 3.83. The summed E-state index contributed by atoms with van der Waals surface area (Å²) in [6.45, 7) is 0. The third-order valence-corrected chi connectivity index (χ3v) is 1.86. The van der Waals surface area contributed by atoms with Crippen molar-refractivity contribution in [3.8, 4) is 11.4 Å². The zero-order valence-electron chi connectivity index (χ0n) is 7.66. The third-order valence-electron chi connectivity index (χ3n) is 1.86. The van der Waals surface area contributed by atoms with Crippen molar-refractivity contribution in [3.05, 3.63) is 42.5 Å². The minimum absolute atomic E-state index is 0.216. The molecule has 0 bridgehead atoms. The van der Waals surface area contributed by atoms with Crippen LogP contribution in [-0.2, 0) is 0 Å². The van der Waals surface area contributed by atoms with Crippen LogP contribution in [0.1, 0.15) is 10.4 Å². The maximum Gasteiger partial charge on any atom is 0.335 e. The highest BCUT2D eigenvalue weighted by Gasteiger charge is 2.05. The lowest BCUT2D eigenvalue weighted by atomic mass is 10.1. The van der Waals surface area contributed by atoms with Crippen LogP contribution in [-0.4, -0.2) is 26.0 Å². The number of aromatic carboxylic acids is 1. The topological polar surface area (TPSA) is 76.0 Å². The molecule has 15 heavy (non-hydrogen) atoms. The maximum atomic E-state index is 10.7. The summed E-state index contributed by atoms with van der Waals surface area (Å²) in [7, 11) is 0. The third kappa shape index (κ3) is 1.96. The molecule has 5 heteroatoms. The van der Waals surface area contributed by atoms with Crippen LogP contribution in [0, 0.1) is 0 Å². The molecule has 0 aliphatic rings. The van der Waals surface area contributed by atoms with E-state index in [1.165, 1.54) is 24.8 Å². The summed E-state index contributed by atoms with van der Waals surface area (Å²) in [5.74, 6) is -0.501. The average molecular weight is 201 g/mol. The van der Waals surface area contributed by atoms with Crippen LogP contribution in [0.3, 0.4) is 0 Å². The summed E-state index contributed by atoms with van der Waals surface area (Å²) in [6.07, 6.45) is 2.74. The van der Waals surface area contributed by atoms with Gasteiger partial charge in [0, 0.05) is 5.56 Å². The van der Waals surface area contributed by atoms with Gasteiger partial charge in [0.15, 0.2) is 5.82 Å². The van der Waals surface area contributed by atoms with Crippen molar-refractivity contribution in [1.29, 1.82) is 0 Å². The maximum absolute atomic E-state index is 10.7. The van der Waals surface area contributed by atoms with E-state index in [0.717, 1.165) is 0 Å². The lowest BCUT2D eigenvalue weighted by Crippen LogP contribution is -1.97. The summed E-state index contributed by atoms with van der Waals surface area (Å²) in [5, 5.41) is 8.80. The van der Waals surface area contributed by atoms with E-state index in [2.05, 4.69) is 15.0 Å². The molecule has 1 N–H and O–H groups in total. The van der Waals surface area contributed by atoms with Gasteiger partial charge in [-0.15, -0.1) is 0 Å². The van der Waals surface area contributed by atoms with E-state index in [4.69, 9.17) is 5.11 Å². The quantitative estimate of drug-likeness (QED) is 0.790. The van der Waals surface area contributed by atoms with Crippen molar-refractivity contribution < 1.29 is 9.90 Å². The molecule has 0 atom stereocenters. The number of carbonyl (C=O) groups is 1. The van der Waals surface area contributed by atoms with E-state index in [1.54, 1.807) is 12.1 Å². The summed E-state index contributed by atoms with van der Waals surface area (Å²) in [4.78, 5) is 22.3. The zero-order valence-corrected chi connectivity index (χ0v) is 7.66. The molecule has 0 saturated heterocycles. The van der Waals surface area contributed by atoms with E-state index in [9.17, 15) is 4.79 Å². The van der Waals surface area contributed by atoms with Crippen LogP contribution in [0.2, 0.25) is 0 Å². The van der Waals surface area contributed by atoms with Crippen molar-refractivity contribution in [2.45, 2.75) is 0 Å². The molecule has 0 fully saturated rings. The molecule has 5 nitrogen and oxygen atoms in total. The Morgan fingerprint density at radius 3 is 2.60 bits per heavy atom. The largest absolute Gasteiger partial charge is 0.478 e. The molecular formula is C10H7N3O2. The van der Waals surface area contributed by atoms with Crippen molar-refractivity contribution in [2.24, 2.45) is 0 Å². The second-order valence-electron chi connectivity index (χ2n) is 2.85. The van der Waals surface area contributed by atoms with Crippen molar-refractivity contribution >= 4 is 5.97 Å². The molecule has 1 aromatic heterocycles. The zero-order chi connectivity index (χ0) is 10.7. The molecule has 2 aromatic rings. The summed E-state index contributed by atoms with van der Waals surface area (Å²) >= 11 is 0. The molecule has 0 aliphatic heterocycles. The fourth-order valence-electron chi connectivity index (χ4n) is 1.18. The highest BCUT2D eigenvalue weighted by Crippen LogP contribution is 2.14. The lowest BCUT2D eigenvalue weighted by molar-refractivity contribution is 0.0697. The number of rotatable bonds is 2. The number of benzene rings is 1. The number of aromatic nitrogens is 3. The Morgan fingerprint density at radius 2 is 1.93 bits per heavy atom. The van der Waals surface area contributed by atoms with E-state index in [1.807, 2.05) is 0 Å². The number of hydrogen-bond acceptors (Lipinski definition) is 4. The molecule has 0 radical (unpaired) electrons. The van der Waals surface area contributed by atoms with Gasteiger partial charge in [0.05, 0.1) is 5.56 Å². The number of carboxylic acid groups (broad SMARTS) is 1. The molecule has 0 saturated carbocycles. The van der Waals surface area contributed by atoms with Gasteiger partial charge >= 0.3 is 5.97 Å². The van der Waals surface area contributed by atoms with Gasteiger partial charge in [-0.1, -0.05) is 12.1 Å². The number of carboxylic acids is 1. The first-order valence-electron chi connectivity index (χ1n) is 4.23. The highest BCUT2D eigenvalue weighted by molar-refractivity contribution is 5.89. The molecule has 0 amide bonds. The Balaban J connectivity index is 2.46. The van der Waals surface area contributed by atoms with Crippen molar-refractivity contribution in [1.82, 2.24) is 15.0 Å². The van der Waals surface area contributed by atoms with E-state index in [0.29, 0.717) is 11.4 Å². The van der Waals surface area contributed by atoms with Gasteiger partial charge in [-0.05, 0) is 12.1 Å². The summed E-state index contributed by atoms with van der Waals surface area (Å²) in [5.41, 5.74) is 0.880. The van der Waals surface area contributed by atoms with Crippen LogP contribution in [0.25, 0.3) is 11.4 Å². The molecule has 0 unspecified atom stereocenters. The van der Waals surface area contributed by atoms with E-state index < -0.39 is 5.97 Å². The second-order valence-corrected chi connectivity index (χ2v) is 2.85. The standard InChI is InChI=1S/C10H7N3O2/c14-10(15)8-3-1-2-7(4-8)9-12-5-11-6-13-9/h1-6H,(H,14,15). The molecule has 74 valence electrons. The van der Waals surface area contributed by atoms with Gasteiger partial charge in [-0.3, -0.25) is 0 Å². The minimum atomic E-state index is -0.967. The smallest absolute Gasteiger partial charge is 0.335 e. The SMILES string of the molecule is O=C(O)c1cccc(-c2ncncn2)c1. The predicted octanol–water partition coefficient (Wildman–Crippen LogP) is 1.24. The van der Waals surface area contributed by atoms with Crippen molar-refractivity contribution in [2.75, 3.05) is 0 Å². The Labute approximate surface area is 85.5 Å². The van der Waals surface area contributed by atoms with Crippen LogP contribution in [0.15, 0.2) is 36.9 Å². The Hall–Kier alpha value is -2.30. The number of nitrogens with zero attached hydrogens (tertiary/aromatic N) is 3. The Kier molecular flexibility index (Phi) is 2.37. The van der Waals surface area contributed by atoms with Gasteiger partial charge in [0.2, 0.25) is 0 Å². The molecule has 1 heterocycles. The molecular weight excluding hydrogens is 194 g/mol.